The minimum atomic E-state index is 0.0945. The molecular formula is C10H12ClN3. The average Bonchev–Trinajstić information content (AvgIpc) is 2.47. The maximum Gasteiger partial charge on any atom is 0.0697 e. The van der Waals surface area contributed by atoms with Crippen molar-refractivity contribution in [2.45, 2.75) is 19.5 Å². The van der Waals surface area contributed by atoms with Gasteiger partial charge in [-0.05, 0) is 25.1 Å². The molecule has 0 spiro atoms. The molecule has 0 radical (unpaired) electrons. The Hall–Kier alpha value is -1.06. The van der Waals surface area contributed by atoms with Crippen molar-refractivity contribution in [1.82, 2.24) is 9.78 Å². The molecule has 0 saturated heterocycles. The van der Waals surface area contributed by atoms with Crippen molar-refractivity contribution in [3.63, 3.8) is 0 Å². The van der Waals surface area contributed by atoms with Crippen molar-refractivity contribution in [3.8, 4) is 0 Å². The number of nitrogens with zero attached hydrogens (tertiary/aromatic N) is 2. The lowest BCUT2D eigenvalue weighted by atomic mass is 10.2. The molecule has 0 bridgehead atoms. The van der Waals surface area contributed by atoms with Crippen molar-refractivity contribution in [2.75, 3.05) is 0 Å². The third-order valence-corrected chi connectivity index (χ3v) is 2.30. The molecule has 1 unspecified atom stereocenters. The van der Waals surface area contributed by atoms with Crippen LogP contribution in [0.2, 0.25) is 5.02 Å². The second-order valence-electron chi connectivity index (χ2n) is 3.51. The van der Waals surface area contributed by atoms with E-state index >= 15 is 0 Å². The quantitative estimate of drug-likeness (QED) is 0.823. The zero-order chi connectivity index (χ0) is 10.1. The molecule has 4 heteroatoms. The number of fused-ring (bicyclic) bond motifs is 1. The molecule has 2 aromatic rings. The van der Waals surface area contributed by atoms with Crippen LogP contribution >= 0.6 is 11.6 Å². The van der Waals surface area contributed by atoms with Gasteiger partial charge in [0.15, 0.2) is 0 Å². The second kappa shape index (κ2) is 3.59. The molecule has 74 valence electrons. The molecule has 2 N–H and O–H groups in total. The fourth-order valence-corrected chi connectivity index (χ4v) is 1.63. The zero-order valence-electron chi connectivity index (χ0n) is 7.94. The molecule has 0 aliphatic rings. The average molecular weight is 210 g/mol. The van der Waals surface area contributed by atoms with E-state index in [0.29, 0.717) is 6.54 Å². The summed E-state index contributed by atoms with van der Waals surface area (Å²) in [4.78, 5) is 0. The van der Waals surface area contributed by atoms with Crippen LogP contribution in [0.3, 0.4) is 0 Å². The Kier molecular flexibility index (Phi) is 2.44. The molecule has 0 saturated carbocycles. The molecule has 1 heterocycles. The highest BCUT2D eigenvalue weighted by atomic mass is 35.5. The molecule has 0 aliphatic heterocycles. The van der Waals surface area contributed by atoms with Crippen molar-refractivity contribution in [2.24, 2.45) is 5.73 Å². The van der Waals surface area contributed by atoms with E-state index in [2.05, 4.69) is 5.10 Å². The van der Waals surface area contributed by atoms with Crippen LogP contribution in [-0.4, -0.2) is 15.8 Å². The number of halogens is 1. The van der Waals surface area contributed by atoms with Gasteiger partial charge in [-0.2, -0.15) is 5.10 Å². The number of hydrogen-bond acceptors (Lipinski definition) is 2. The summed E-state index contributed by atoms with van der Waals surface area (Å²) in [5, 5.41) is 6.07. The summed E-state index contributed by atoms with van der Waals surface area (Å²) in [6.45, 7) is 2.67. The smallest absolute Gasteiger partial charge is 0.0697 e. The normalized spacial score (nSPS) is 13.4. The first-order chi connectivity index (χ1) is 6.66. The topological polar surface area (TPSA) is 43.8 Å². The summed E-state index contributed by atoms with van der Waals surface area (Å²) in [6.07, 6.45) is 1.83. The number of nitrogens with two attached hydrogens (primary N) is 1. The van der Waals surface area contributed by atoms with Crippen LogP contribution in [0.15, 0.2) is 24.4 Å². The zero-order valence-corrected chi connectivity index (χ0v) is 8.70. The number of rotatable bonds is 2. The van der Waals surface area contributed by atoms with Gasteiger partial charge in [0.25, 0.3) is 0 Å². The monoisotopic (exact) mass is 209 g/mol. The van der Waals surface area contributed by atoms with Gasteiger partial charge < -0.3 is 5.73 Å². The molecule has 0 aliphatic carbocycles. The molecular weight excluding hydrogens is 198 g/mol. The molecule has 1 atom stereocenters. The molecule has 3 nitrogen and oxygen atoms in total. The third kappa shape index (κ3) is 1.74. The highest BCUT2D eigenvalue weighted by Gasteiger charge is 2.04. The molecule has 0 fully saturated rings. The highest BCUT2D eigenvalue weighted by molar-refractivity contribution is 6.31. The summed E-state index contributed by atoms with van der Waals surface area (Å²) in [5.41, 5.74) is 6.76. The summed E-state index contributed by atoms with van der Waals surface area (Å²) < 4.78 is 1.88. The Morgan fingerprint density at radius 3 is 3.07 bits per heavy atom. The third-order valence-electron chi connectivity index (χ3n) is 2.07. The van der Waals surface area contributed by atoms with Crippen LogP contribution < -0.4 is 5.73 Å². The van der Waals surface area contributed by atoms with E-state index in [0.717, 1.165) is 15.9 Å². The van der Waals surface area contributed by atoms with Crippen LogP contribution in [0.5, 0.6) is 0 Å². The van der Waals surface area contributed by atoms with Crippen molar-refractivity contribution in [3.05, 3.63) is 29.4 Å². The Labute approximate surface area is 87.5 Å². The molecule has 0 amide bonds. The minimum absolute atomic E-state index is 0.0945. The predicted molar refractivity (Wildman–Crippen MR) is 58.4 cm³/mol. The fraction of sp³-hybridized carbons (Fsp3) is 0.300. The lowest BCUT2D eigenvalue weighted by Crippen LogP contribution is -2.22. The van der Waals surface area contributed by atoms with Crippen molar-refractivity contribution in [1.29, 1.82) is 0 Å². The summed E-state index contributed by atoms with van der Waals surface area (Å²) >= 11 is 5.91. The SMILES string of the molecule is CC(N)Cn1ncc2ccc(Cl)cc21. The van der Waals surface area contributed by atoms with E-state index in [1.165, 1.54) is 0 Å². The van der Waals surface area contributed by atoms with Gasteiger partial charge in [-0.15, -0.1) is 0 Å². The van der Waals surface area contributed by atoms with Gasteiger partial charge in [0.2, 0.25) is 0 Å². The van der Waals surface area contributed by atoms with E-state index in [1.54, 1.807) is 0 Å². The maximum absolute atomic E-state index is 5.91. The van der Waals surface area contributed by atoms with Gasteiger partial charge in [0, 0.05) is 16.5 Å². The van der Waals surface area contributed by atoms with E-state index < -0.39 is 0 Å². The summed E-state index contributed by atoms with van der Waals surface area (Å²) in [5.74, 6) is 0. The molecule has 1 aromatic carbocycles. The maximum atomic E-state index is 5.91. The minimum Gasteiger partial charge on any atom is -0.326 e. The number of hydrogen-bond donors (Lipinski definition) is 1. The van der Waals surface area contributed by atoms with Crippen LogP contribution in [0, 0.1) is 0 Å². The van der Waals surface area contributed by atoms with Crippen LogP contribution in [0.25, 0.3) is 10.9 Å². The summed E-state index contributed by atoms with van der Waals surface area (Å²) in [7, 11) is 0. The number of aromatic nitrogens is 2. The fourth-order valence-electron chi connectivity index (χ4n) is 1.46. The molecule has 1 aromatic heterocycles. The van der Waals surface area contributed by atoms with Crippen molar-refractivity contribution < 1.29 is 0 Å². The Morgan fingerprint density at radius 2 is 2.36 bits per heavy atom. The highest BCUT2D eigenvalue weighted by Crippen LogP contribution is 2.18. The summed E-state index contributed by atoms with van der Waals surface area (Å²) in [6, 6.07) is 5.83. The van der Waals surface area contributed by atoms with Gasteiger partial charge in [0.1, 0.15) is 0 Å². The van der Waals surface area contributed by atoms with E-state index in [4.69, 9.17) is 17.3 Å². The van der Waals surface area contributed by atoms with Crippen LogP contribution in [0.4, 0.5) is 0 Å². The van der Waals surface area contributed by atoms with Gasteiger partial charge in [-0.25, -0.2) is 0 Å². The first-order valence-corrected chi connectivity index (χ1v) is 4.91. The predicted octanol–water partition coefficient (Wildman–Crippen LogP) is 2.04. The van der Waals surface area contributed by atoms with E-state index in [-0.39, 0.29) is 6.04 Å². The standard InChI is InChI=1S/C10H12ClN3/c1-7(12)6-14-10-4-9(11)3-2-8(10)5-13-14/h2-5,7H,6,12H2,1H3. The van der Waals surface area contributed by atoms with Crippen molar-refractivity contribution >= 4 is 22.5 Å². The first kappa shape index (κ1) is 9.49. The second-order valence-corrected chi connectivity index (χ2v) is 3.94. The Balaban J connectivity index is 2.50. The van der Waals surface area contributed by atoms with Gasteiger partial charge in [0.05, 0.1) is 18.3 Å². The Morgan fingerprint density at radius 1 is 1.57 bits per heavy atom. The largest absolute Gasteiger partial charge is 0.326 e. The van der Waals surface area contributed by atoms with E-state index in [1.807, 2.05) is 36.0 Å². The lowest BCUT2D eigenvalue weighted by molar-refractivity contribution is 0.553. The van der Waals surface area contributed by atoms with Crippen LogP contribution in [0.1, 0.15) is 6.92 Å². The van der Waals surface area contributed by atoms with Gasteiger partial charge >= 0.3 is 0 Å². The van der Waals surface area contributed by atoms with E-state index in [9.17, 15) is 0 Å². The van der Waals surface area contributed by atoms with Gasteiger partial charge in [-0.1, -0.05) is 11.6 Å². The lowest BCUT2D eigenvalue weighted by Gasteiger charge is -2.06. The first-order valence-electron chi connectivity index (χ1n) is 4.53. The molecule has 14 heavy (non-hydrogen) atoms. The molecule has 2 rings (SSSR count). The number of benzene rings is 1. The Bertz CT molecular complexity index is 448. The van der Waals surface area contributed by atoms with Gasteiger partial charge in [-0.3, -0.25) is 4.68 Å². The van der Waals surface area contributed by atoms with Crippen LogP contribution in [-0.2, 0) is 6.54 Å².